The molecule has 1 N–H and O–H groups in total. The van der Waals surface area contributed by atoms with Gasteiger partial charge in [0.2, 0.25) is 0 Å². The van der Waals surface area contributed by atoms with Crippen LogP contribution in [0.2, 0.25) is 0 Å². The van der Waals surface area contributed by atoms with E-state index in [1.165, 1.54) is 36.8 Å². The number of hydrogen-bond donors (Lipinski definition) is 1. The highest BCUT2D eigenvalue weighted by Crippen LogP contribution is 2.23. The van der Waals surface area contributed by atoms with Crippen LogP contribution in [-0.4, -0.2) is 22.2 Å². The van der Waals surface area contributed by atoms with Gasteiger partial charge in [0.1, 0.15) is 0 Å². The van der Waals surface area contributed by atoms with Gasteiger partial charge in [-0.05, 0) is 30.4 Å². The summed E-state index contributed by atoms with van der Waals surface area (Å²) in [5.74, 6) is 0.336. The molecule has 3 aromatic rings. The fraction of sp³-hybridized carbons (Fsp3) is 0.348. The van der Waals surface area contributed by atoms with Gasteiger partial charge in [-0.25, -0.2) is 4.68 Å². The first-order chi connectivity index (χ1) is 13.7. The van der Waals surface area contributed by atoms with Crippen molar-refractivity contribution in [2.24, 2.45) is 5.92 Å². The molecule has 0 atom stereocenters. The zero-order chi connectivity index (χ0) is 19.3. The maximum absolute atomic E-state index is 12.9. The fourth-order valence-electron chi connectivity index (χ4n) is 3.98. The zero-order valence-electron chi connectivity index (χ0n) is 15.9. The summed E-state index contributed by atoms with van der Waals surface area (Å²) < 4.78 is 1.40. The van der Waals surface area contributed by atoms with Gasteiger partial charge in [-0.15, -0.1) is 0 Å². The maximum Gasteiger partial charge on any atom is 0.274 e. The van der Waals surface area contributed by atoms with E-state index in [1.54, 1.807) is 12.1 Å². The van der Waals surface area contributed by atoms with E-state index in [2.05, 4.69) is 10.4 Å². The molecule has 1 amide bonds. The Kier molecular flexibility index (Phi) is 5.51. The fourth-order valence-corrected chi connectivity index (χ4v) is 3.98. The molecule has 1 aromatic heterocycles. The molecule has 0 spiro atoms. The molecule has 1 aliphatic carbocycles. The molecule has 0 unspecified atom stereocenters. The van der Waals surface area contributed by atoms with E-state index in [0.29, 0.717) is 35.5 Å². The quantitative estimate of drug-likeness (QED) is 0.739. The maximum atomic E-state index is 12.9. The molecule has 5 nitrogen and oxygen atoms in total. The third-order valence-electron chi connectivity index (χ3n) is 5.53. The van der Waals surface area contributed by atoms with Crippen LogP contribution >= 0.6 is 0 Å². The van der Waals surface area contributed by atoms with Crippen LogP contribution in [0.15, 0.2) is 59.4 Å². The summed E-state index contributed by atoms with van der Waals surface area (Å²) in [7, 11) is 0. The second-order valence-electron chi connectivity index (χ2n) is 7.56. The summed E-state index contributed by atoms with van der Waals surface area (Å²) in [5.41, 5.74) is 1.12. The number of rotatable bonds is 5. The third-order valence-corrected chi connectivity index (χ3v) is 5.53. The lowest BCUT2D eigenvalue weighted by Gasteiger charge is -2.21. The molecule has 5 heteroatoms. The van der Waals surface area contributed by atoms with Gasteiger partial charge in [0.05, 0.1) is 11.9 Å². The lowest BCUT2D eigenvalue weighted by molar-refractivity contribution is 0.0938. The van der Waals surface area contributed by atoms with Gasteiger partial charge in [0.15, 0.2) is 5.69 Å². The summed E-state index contributed by atoms with van der Waals surface area (Å²) in [6.45, 7) is 1.01. The van der Waals surface area contributed by atoms with Crippen molar-refractivity contribution in [2.75, 3.05) is 6.54 Å². The first kappa shape index (κ1) is 18.4. The Labute approximate surface area is 164 Å². The van der Waals surface area contributed by atoms with Crippen LogP contribution in [-0.2, 0) is 6.54 Å². The van der Waals surface area contributed by atoms with Crippen molar-refractivity contribution in [3.05, 3.63) is 76.2 Å². The van der Waals surface area contributed by atoms with Crippen LogP contribution in [0.3, 0.4) is 0 Å². The number of hydrogen-bond acceptors (Lipinski definition) is 3. The number of benzene rings is 2. The van der Waals surface area contributed by atoms with Crippen LogP contribution in [0, 0.1) is 5.92 Å². The smallest absolute Gasteiger partial charge is 0.274 e. The van der Waals surface area contributed by atoms with Gasteiger partial charge in [-0.2, -0.15) is 5.10 Å². The monoisotopic (exact) mass is 375 g/mol. The molecule has 0 bridgehead atoms. The second-order valence-corrected chi connectivity index (χ2v) is 7.56. The lowest BCUT2D eigenvalue weighted by atomic mass is 9.89. The van der Waals surface area contributed by atoms with E-state index in [-0.39, 0.29) is 11.5 Å². The number of fused-ring (bicyclic) bond motifs is 1. The summed E-state index contributed by atoms with van der Waals surface area (Å²) in [6.07, 6.45) is 6.11. The number of nitrogens with zero attached hydrogens (tertiary/aromatic N) is 2. The molecular weight excluding hydrogens is 350 g/mol. The third kappa shape index (κ3) is 3.98. The van der Waals surface area contributed by atoms with E-state index in [9.17, 15) is 9.59 Å². The topological polar surface area (TPSA) is 64.0 Å². The van der Waals surface area contributed by atoms with Gasteiger partial charge in [-0.1, -0.05) is 67.8 Å². The zero-order valence-corrected chi connectivity index (χ0v) is 15.9. The van der Waals surface area contributed by atoms with Crippen molar-refractivity contribution >= 4 is 16.7 Å². The number of carbonyl (C=O) groups excluding carboxylic acids is 1. The second kappa shape index (κ2) is 8.38. The van der Waals surface area contributed by atoms with Gasteiger partial charge in [-0.3, -0.25) is 9.59 Å². The molecule has 0 radical (unpaired) electrons. The van der Waals surface area contributed by atoms with Crippen molar-refractivity contribution in [3.63, 3.8) is 0 Å². The predicted molar refractivity (Wildman–Crippen MR) is 110 cm³/mol. The Bertz CT molecular complexity index is 1020. The van der Waals surface area contributed by atoms with Crippen LogP contribution in [0.25, 0.3) is 10.8 Å². The summed E-state index contributed by atoms with van der Waals surface area (Å²) in [4.78, 5) is 25.8. The summed E-state index contributed by atoms with van der Waals surface area (Å²) in [6, 6.07) is 16.9. The Morgan fingerprint density at radius 3 is 2.39 bits per heavy atom. The Balaban J connectivity index is 1.65. The van der Waals surface area contributed by atoms with Crippen LogP contribution in [0.4, 0.5) is 0 Å². The number of carbonyl (C=O) groups is 1. The van der Waals surface area contributed by atoms with Gasteiger partial charge in [0, 0.05) is 11.9 Å². The first-order valence-electron chi connectivity index (χ1n) is 10.0. The molecule has 0 saturated heterocycles. The molecule has 28 heavy (non-hydrogen) atoms. The Hall–Kier alpha value is -2.95. The van der Waals surface area contributed by atoms with E-state index in [1.807, 2.05) is 42.5 Å². The lowest BCUT2D eigenvalue weighted by Crippen LogP contribution is -2.34. The SMILES string of the molecule is O=C(NCC1CCCCC1)c1nn(Cc2ccccc2)c(=O)c2ccccc12. The molecule has 4 rings (SSSR count). The predicted octanol–water partition coefficient (Wildman–Crippen LogP) is 3.75. The number of nitrogens with one attached hydrogen (secondary N) is 1. The van der Waals surface area contributed by atoms with Gasteiger partial charge < -0.3 is 5.32 Å². The molecule has 0 aliphatic heterocycles. The summed E-state index contributed by atoms with van der Waals surface area (Å²) in [5, 5.41) is 8.64. The van der Waals surface area contributed by atoms with Crippen LogP contribution in [0.1, 0.15) is 48.2 Å². The Morgan fingerprint density at radius 2 is 1.64 bits per heavy atom. The normalized spacial score (nSPS) is 14.9. The minimum Gasteiger partial charge on any atom is -0.350 e. The largest absolute Gasteiger partial charge is 0.350 e. The average molecular weight is 375 g/mol. The standard InChI is InChI=1S/C23H25N3O2/c27-22(24-15-17-9-3-1-4-10-17)21-19-13-7-8-14-20(19)23(28)26(25-21)16-18-11-5-2-6-12-18/h2,5-8,11-14,17H,1,3-4,9-10,15-16H2,(H,24,27). The highest BCUT2D eigenvalue weighted by molar-refractivity contribution is 6.04. The van der Waals surface area contributed by atoms with E-state index in [4.69, 9.17) is 0 Å². The molecule has 1 aliphatic rings. The van der Waals surface area contributed by atoms with E-state index < -0.39 is 0 Å². The molecule has 144 valence electrons. The highest BCUT2D eigenvalue weighted by Gasteiger charge is 2.19. The Morgan fingerprint density at radius 1 is 0.964 bits per heavy atom. The van der Waals surface area contributed by atoms with Crippen molar-refractivity contribution in [3.8, 4) is 0 Å². The van der Waals surface area contributed by atoms with E-state index in [0.717, 1.165) is 5.56 Å². The average Bonchev–Trinajstić information content (AvgIpc) is 2.75. The van der Waals surface area contributed by atoms with Crippen molar-refractivity contribution < 1.29 is 4.79 Å². The molecule has 1 heterocycles. The molecule has 2 aromatic carbocycles. The minimum atomic E-state index is -0.205. The molecular formula is C23H25N3O2. The number of aromatic nitrogens is 2. The van der Waals surface area contributed by atoms with Crippen LogP contribution in [0.5, 0.6) is 0 Å². The van der Waals surface area contributed by atoms with Crippen molar-refractivity contribution in [2.45, 2.75) is 38.6 Å². The van der Waals surface area contributed by atoms with Gasteiger partial charge in [0.25, 0.3) is 11.5 Å². The molecule has 1 saturated carbocycles. The van der Waals surface area contributed by atoms with Gasteiger partial charge >= 0.3 is 0 Å². The minimum absolute atomic E-state index is 0.178. The van der Waals surface area contributed by atoms with Crippen LogP contribution < -0.4 is 10.9 Å². The summed E-state index contributed by atoms with van der Waals surface area (Å²) >= 11 is 0. The molecule has 1 fully saturated rings. The van der Waals surface area contributed by atoms with E-state index >= 15 is 0 Å². The number of amides is 1. The highest BCUT2D eigenvalue weighted by atomic mass is 16.2. The van der Waals surface area contributed by atoms with Crippen molar-refractivity contribution in [1.29, 1.82) is 0 Å². The van der Waals surface area contributed by atoms with Crippen molar-refractivity contribution in [1.82, 2.24) is 15.1 Å². The first-order valence-corrected chi connectivity index (χ1v) is 10.0.